The number of nitriles is 1. The lowest BCUT2D eigenvalue weighted by molar-refractivity contribution is -0.160. The number of rotatable bonds is 1. The van der Waals surface area contributed by atoms with Crippen molar-refractivity contribution in [3.05, 3.63) is 28.8 Å². The van der Waals surface area contributed by atoms with Crippen LogP contribution in [0.4, 0.5) is 8.78 Å². The number of nitrogens with zero attached hydrogens (tertiary/aromatic N) is 2. The van der Waals surface area contributed by atoms with Gasteiger partial charge in [-0.1, -0.05) is 6.92 Å². The number of amides is 1. The van der Waals surface area contributed by atoms with Crippen molar-refractivity contribution in [1.29, 1.82) is 5.26 Å². The number of halogens is 2. The predicted octanol–water partition coefficient (Wildman–Crippen LogP) is 2.72. The van der Waals surface area contributed by atoms with Crippen LogP contribution in [0.3, 0.4) is 0 Å². The van der Waals surface area contributed by atoms with Gasteiger partial charge in [0, 0.05) is 19.5 Å². The molecule has 0 aromatic heterocycles. The quantitative estimate of drug-likeness (QED) is 0.865. The Morgan fingerprint density at radius 2 is 2.22 bits per heavy atom. The lowest BCUT2D eigenvalue weighted by Gasteiger charge is -2.50. The Morgan fingerprint density at radius 1 is 1.52 bits per heavy atom. The van der Waals surface area contributed by atoms with Gasteiger partial charge in [-0.05, 0) is 47.9 Å². The molecule has 1 N–H and O–H groups in total. The largest absolute Gasteiger partial charge is 0.507 e. The number of carbonyl (C=O) groups is 1. The molecule has 2 aliphatic rings. The number of phenols is 1. The number of hydrogen-bond acceptors (Lipinski definition) is 3. The first-order valence-electron chi connectivity index (χ1n) is 7.61. The maximum Gasteiger partial charge on any atom is 0.322 e. The highest BCUT2D eigenvalue weighted by atomic mass is 19.3. The highest BCUT2D eigenvalue weighted by Gasteiger charge is 2.48. The minimum atomic E-state index is -3.37. The van der Waals surface area contributed by atoms with Gasteiger partial charge in [-0.2, -0.15) is 14.0 Å². The summed E-state index contributed by atoms with van der Waals surface area (Å²) >= 11 is 0. The molecule has 1 aliphatic carbocycles. The van der Waals surface area contributed by atoms with Crippen LogP contribution in [0.25, 0.3) is 0 Å². The van der Waals surface area contributed by atoms with E-state index in [0.29, 0.717) is 26.2 Å². The van der Waals surface area contributed by atoms with Crippen molar-refractivity contribution in [2.24, 2.45) is 0 Å². The lowest BCUT2D eigenvalue weighted by Crippen LogP contribution is -2.57. The van der Waals surface area contributed by atoms with Crippen LogP contribution in [0.2, 0.25) is 0 Å². The zero-order valence-electron chi connectivity index (χ0n) is 13.1. The summed E-state index contributed by atoms with van der Waals surface area (Å²) in [5.74, 6) is -4.56. The zero-order valence-corrected chi connectivity index (χ0v) is 13.1. The van der Waals surface area contributed by atoms with Gasteiger partial charge >= 0.3 is 5.92 Å². The van der Waals surface area contributed by atoms with Gasteiger partial charge in [-0.15, -0.1) is 0 Å². The Bertz CT molecular complexity index is 721. The molecule has 4 nitrogen and oxygen atoms in total. The highest BCUT2D eigenvalue weighted by Crippen LogP contribution is 2.46. The van der Waals surface area contributed by atoms with Gasteiger partial charge in [0.05, 0.1) is 5.56 Å². The molecule has 1 amide bonds. The summed E-state index contributed by atoms with van der Waals surface area (Å²) in [6.07, 6.45) is 1.58. The predicted molar refractivity (Wildman–Crippen MR) is 79.2 cm³/mol. The molecule has 23 heavy (non-hydrogen) atoms. The van der Waals surface area contributed by atoms with E-state index in [0.717, 1.165) is 11.1 Å². The van der Waals surface area contributed by atoms with Gasteiger partial charge in [0.2, 0.25) is 0 Å². The maximum atomic E-state index is 13.4. The fourth-order valence-electron chi connectivity index (χ4n) is 3.94. The summed E-state index contributed by atoms with van der Waals surface area (Å²) < 4.78 is 26.8. The first-order chi connectivity index (χ1) is 10.7. The normalized spacial score (nSPS) is 26.4. The number of fused-ring (bicyclic) bond motifs is 4. The fraction of sp³-hybridized carbons (Fsp3) is 0.529. The number of hydrogen-bond donors (Lipinski definition) is 1. The van der Waals surface area contributed by atoms with Crippen LogP contribution in [0.15, 0.2) is 12.1 Å². The van der Waals surface area contributed by atoms with Gasteiger partial charge in [-0.3, -0.25) is 4.79 Å². The van der Waals surface area contributed by atoms with E-state index in [4.69, 9.17) is 5.26 Å². The van der Waals surface area contributed by atoms with E-state index in [9.17, 15) is 18.7 Å². The molecule has 2 atom stereocenters. The summed E-state index contributed by atoms with van der Waals surface area (Å²) in [5.41, 5.74) is 1.71. The molecule has 1 saturated heterocycles. The van der Waals surface area contributed by atoms with Gasteiger partial charge < -0.3 is 10.0 Å². The Kier molecular flexibility index (Phi) is 3.36. The monoisotopic (exact) mass is 320 g/mol. The minimum absolute atomic E-state index is 0.0514. The van der Waals surface area contributed by atoms with Crippen LogP contribution in [-0.2, 0) is 16.6 Å². The Morgan fingerprint density at radius 3 is 2.83 bits per heavy atom. The number of aromatic hydroxyl groups is 1. The van der Waals surface area contributed by atoms with E-state index in [1.807, 2.05) is 13.0 Å². The SMILES string of the molecule is CC(F)(F)C(=O)N1CC[C@]2(C)C[C@H]1Cc1cc(C#N)c(O)cc12. The third-order valence-electron chi connectivity index (χ3n) is 5.12. The van der Waals surface area contributed by atoms with Crippen molar-refractivity contribution in [1.82, 2.24) is 4.90 Å². The van der Waals surface area contributed by atoms with Crippen LogP contribution in [0, 0.1) is 11.3 Å². The van der Waals surface area contributed by atoms with Crippen molar-refractivity contribution < 1.29 is 18.7 Å². The van der Waals surface area contributed by atoms with Crippen molar-refractivity contribution in [2.45, 2.75) is 50.5 Å². The lowest BCUT2D eigenvalue weighted by atomic mass is 9.64. The summed E-state index contributed by atoms with van der Waals surface area (Å²) in [5, 5.41) is 19.0. The van der Waals surface area contributed by atoms with Crippen molar-refractivity contribution in [3.63, 3.8) is 0 Å². The maximum absolute atomic E-state index is 13.4. The van der Waals surface area contributed by atoms with E-state index < -0.39 is 11.8 Å². The zero-order chi connectivity index (χ0) is 17.0. The number of phenolic OH excluding ortho intramolecular Hbond substituents is 1. The molecule has 1 heterocycles. The molecular weight excluding hydrogens is 302 g/mol. The number of piperidine rings is 1. The van der Waals surface area contributed by atoms with Crippen molar-refractivity contribution in [3.8, 4) is 11.8 Å². The standard InChI is InChI=1S/C17H18F2N2O2/c1-16-3-4-21(15(23)17(2,18)19)12(8-16)6-10-5-11(9-20)14(22)7-13(10)16/h5,7,12,22H,3-4,6,8H2,1-2H3/t12-,16-/m1/s1. The summed E-state index contributed by atoms with van der Waals surface area (Å²) in [4.78, 5) is 13.3. The summed E-state index contributed by atoms with van der Waals surface area (Å²) in [6.45, 7) is 2.94. The van der Waals surface area contributed by atoms with Gasteiger partial charge in [-0.25, -0.2) is 0 Å². The fourth-order valence-corrected chi connectivity index (χ4v) is 3.94. The summed E-state index contributed by atoms with van der Waals surface area (Å²) in [7, 11) is 0. The average Bonchev–Trinajstić information content (AvgIpc) is 2.46. The van der Waals surface area contributed by atoms with E-state index in [2.05, 4.69) is 0 Å². The molecule has 6 heteroatoms. The minimum Gasteiger partial charge on any atom is -0.507 e. The molecule has 1 fully saturated rings. The van der Waals surface area contributed by atoms with Crippen molar-refractivity contribution >= 4 is 5.91 Å². The first-order valence-corrected chi connectivity index (χ1v) is 7.61. The molecule has 1 aromatic rings. The van der Waals surface area contributed by atoms with Crippen LogP contribution < -0.4 is 0 Å². The number of benzene rings is 1. The molecule has 1 aliphatic heterocycles. The van der Waals surface area contributed by atoms with Gasteiger partial charge in [0.1, 0.15) is 11.8 Å². The molecule has 1 aromatic carbocycles. The smallest absolute Gasteiger partial charge is 0.322 e. The Hall–Kier alpha value is -2.16. The second-order valence-electron chi connectivity index (χ2n) is 6.90. The molecule has 0 unspecified atom stereocenters. The molecule has 2 bridgehead atoms. The van der Waals surface area contributed by atoms with Crippen LogP contribution in [0.5, 0.6) is 5.75 Å². The molecule has 0 saturated carbocycles. The van der Waals surface area contributed by atoms with E-state index in [1.165, 1.54) is 4.90 Å². The van der Waals surface area contributed by atoms with E-state index >= 15 is 0 Å². The molecule has 3 rings (SSSR count). The van der Waals surface area contributed by atoms with E-state index in [1.54, 1.807) is 12.1 Å². The Balaban J connectivity index is 2.01. The number of likely N-dealkylation sites (tertiary alicyclic amines) is 1. The second kappa shape index (κ2) is 4.92. The van der Waals surface area contributed by atoms with Crippen LogP contribution in [-0.4, -0.2) is 34.4 Å². The van der Waals surface area contributed by atoms with Gasteiger partial charge in [0.25, 0.3) is 5.91 Å². The molecule has 0 spiro atoms. The third-order valence-corrected chi connectivity index (χ3v) is 5.12. The summed E-state index contributed by atoms with van der Waals surface area (Å²) in [6, 6.07) is 4.87. The molecule has 0 radical (unpaired) electrons. The molecule has 122 valence electrons. The topological polar surface area (TPSA) is 64.3 Å². The Labute approximate surface area is 133 Å². The first kappa shape index (κ1) is 15.7. The second-order valence-corrected chi connectivity index (χ2v) is 6.90. The van der Waals surface area contributed by atoms with Gasteiger partial charge in [0.15, 0.2) is 0 Å². The van der Waals surface area contributed by atoms with Crippen LogP contribution >= 0.6 is 0 Å². The third kappa shape index (κ3) is 2.44. The van der Waals surface area contributed by atoms with E-state index in [-0.39, 0.29) is 29.3 Å². The highest BCUT2D eigenvalue weighted by molar-refractivity contribution is 5.83. The van der Waals surface area contributed by atoms with Crippen LogP contribution in [0.1, 0.15) is 43.4 Å². The van der Waals surface area contributed by atoms with Crippen molar-refractivity contribution in [2.75, 3.05) is 6.54 Å². The average molecular weight is 320 g/mol. The molecular formula is C17H18F2N2O2. The number of carbonyl (C=O) groups excluding carboxylic acids is 1. The number of alkyl halides is 2.